The average Bonchev–Trinajstić information content (AvgIpc) is 2.85. The third-order valence-corrected chi connectivity index (χ3v) is 6.97. The van der Waals surface area contributed by atoms with E-state index in [1.54, 1.807) is 38.3 Å². The lowest BCUT2D eigenvalue weighted by molar-refractivity contribution is -0.140. The number of aromatic hydroxyl groups is 1. The van der Waals surface area contributed by atoms with E-state index in [4.69, 9.17) is 14.2 Å². The van der Waals surface area contributed by atoms with E-state index in [9.17, 15) is 14.7 Å². The summed E-state index contributed by atoms with van der Waals surface area (Å²) in [6.45, 7) is 4.03. The van der Waals surface area contributed by atoms with E-state index in [0.29, 0.717) is 46.5 Å². The van der Waals surface area contributed by atoms with Gasteiger partial charge in [-0.2, -0.15) is 0 Å². The highest BCUT2D eigenvalue weighted by molar-refractivity contribution is 9.10. The van der Waals surface area contributed by atoms with E-state index in [2.05, 4.69) is 20.9 Å². The Morgan fingerprint density at radius 2 is 1.91 bits per heavy atom. The van der Waals surface area contributed by atoms with Crippen LogP contribution in [0.3, 0.4) is 0 Å². The molecule has 2 aromatic carbocycles. The third kappa shape index (κ3) is 5.12. The average molecular weight is 542 g/mol. The van der Waals surface area contributed by atoms with Gasteiger partial charge in [0.15, 0.2) is 11.5 Å². The van der Waals surface area contributed by atoms with Gasteiger partial charge < -0.3 is 19.3 Å². The number of methoxy groups -OCH3 is 1. The Bertz CT molecular complexity index is 1200. The molecule has 0 aromatic heterocycles. The minimum Gasteiger partial charge on any atom is -0.503 e. The first-order valence-electron chi connectivity index (χ1n) is 11.6. The molecule has 1 aliphatic carbocycles. The molecule has 7 nitrogen and oxygen atoms in total. The number of carbonyl (C=O) groups excluding carboxylic acids is 2. The van der Waals surface area contributed by atoms with Gasteiger partial charge in [0, 0.05) is 23.7 Å². The molecule has 2 aliphatic rings. The van der Waals surface area contributed by atoms with Crippen LogP contribution in [0.5, 0.6) is 17.2 Å². The Kier molecular flexibility index (Phi) is 7.60. The number of hydrogen-bond donors (Lipinski definition) is 1. The summed E-state index contributed by atoms with van der Waals surface area (Å²) >= 11 is 3.39. The summed E-state index contributed by atoms with van der Waals surface area (Å²) in [5, 5.41) is 10.4. The molecule has 2 aromatic rings. The van der Waals surface area contributed by atoms with Crippen LogP contribution in [0.2, 0.25) is 0 Å². The Morgan fingerprint density at radius 3 is 2.60 bits per heavy atom. The second-order valence-corrected chi connectivity index (χ2v) is 9.44. The van der Waals surface area contributed by atoms with Crippen LogP contribution >= 0.6 is 15.9 Å². The van der Waals surface area contributed by atoms with E-state index in [0.717, 1.165) is 17.7 Å². The lowest BCUT2D eigenvalue weighted by atomic mass is 9.69. The lowest BCUT2D eigenvalue weighted by Gasteiger charge is -2.35. The summed E-state index contributed by atoms with van der Waals surface area (Å²) in [7, 11) is 1.59. The zero-order valence-corrected chi connectivity index (χ0v) is 21.6. The number of Topliss-reactive ketones (excluding diaryl/α,β-unsaturated/α-hetero) is 1. The molecule has 1 N–H and O–H groups in total. The van der Waals surface area contributed by atoms with Crippen LogP contribution in [-0.2, 0) is 20.9 Å². The smallest absolute Gasteiger partial charge is 0.336 e. The standard InChI is InChI=1S/C27H28BrNO6/c1-4-34-22-13-17(12-19(28)26(22)31)24-23(15(2)29-20-6-5-7-21(30)25(20)24)27(32)35-14-16-8-10-18(33-3)11-9-16/h8-13,24-25,31H,4-7,14H2,1-3H3/t24-,25?/m0/s1. The van der Waals surface area contributed by atoms with Crippen LogP contribution in [0.4, 0.5) is 0 Å². The number of esters is 1. The molecular formula is C27H28BrNO6. The number of allylic oxidation sites excluding steroid dienone is 1. The minimum atomic E-state index is -0.588. The van der Waals surface area contributed by atoms with Gasteiger partial charge in [-0.3, -0.25) is 9.79 Å². The number of nitrogens with zero attached hydrogens (tertiary/aromatic N) is 1. The number of ether oxygens (including phenoxy) is 3. The van der Waals surface area contributed by atoms with E-state index in [-0.39, 0.29) is 23.9 Å². The van der Waals surface area contributed by atoms with Gasteiger partial charge in [0.1, 0.15) is 18.1 Å². The number of carbonyl (C=O) groups is 2. The number of phenolic OH excluding ortho intramolecular Hbond substituents is 1. The summed E-state index contributed by atoms with van der Waals surface area (Å²) in [6, 6.07) is 10.7. The van der Waals surface area contributed by atoms with Crippen molar-refractivity contribution in [3.8, 4) is 17.2 Å². The van der Waals surface area contributed by atoms with Gasteiger partial charge in [-0.25, -0.2) is 4.79 Å². The maximum absolute atomic E-state index is 13.5. The number of hydrogen-bond acceptors (Lipinski definition) is 7. The van der Waals surface area contributed by atoms with Gasteiger partial charge in [-0.15, -0.1) is 0 Å². The Balaban J connectivity index is 1.73. The third-order valence-electron chi connectivity index (χ3n) is 6.37. The molecule has 1 unspecified atom stereocenters. The van der Waals surface area contributed by atoms with Gasteiger partial charge in [-0.1, -0.05) is 12.1 Å². The zero-order valence-electron chi connectivity index (χ0n) is 20.0. The second-order valence-electron chi connectivity index (χ2n) is 8.58. The number of aliphatic imine (C=N–C) groups is 1. The van der Waals surface area contributed by atoms with Crippen molar-refractivity contribution in [3.05, 3.63) is 63.3 Å². The molecule has 1 saturated carbocycles. The molecule has 8 heteroatoms. The van der Waals surface area contributed by atoms with E-state index in [1.165, 1.54) is 0 Å². The van der Waals surface area contributed by atoms with Crippen LogP contribution in [0.25, 0.3) is 0 Å². The Labute approximate surface area is 212 Å². The number of phenols is 1. The first-order chi connectivity index (χ1) is 16.8. The fourth-order valence-corrected chi connectivity index (χ4v) is 5.19. The molecule has 184 valence electrons. The number of fused-ring (bicyclic) bond motifs is 1. The molecular weight excluding hydrogens is 514 g/mol. The van der Waals surface area contributed by atoms with Crippen LogP contribution in [0.15, 0.2) is 57.1 Å². The molecule has 2 atom stereocenters. The summed E-state index contributed by atoms with van der Waals surface area (Å²) in [5.41, 5.74) is 3.17. The predicted molar refractivity (Wildman–Crippen MR) is 135 cm³/mol. The highest BCUT2D eigenvalue weighted by Gasteiger charge is 2.44. The Morgan fingerprint density at radius 1 is 1.17 bits per heavy atom. The van der Waals surface area contributed by atoms with E-state index in [1.807, 2.05) is 19.1 Å². The highest BCUT2D eigenvalue weighted by atomic mass is 79.9. The monoisotopic (exact) mass is 541 g/mol. The molecule has 0 bridgehead atoms. The maximum atomic E-state index is 13.5. The van der Waals surface area contributed by atoms with Crippen LogP contribution in [0.1, 0.15) is 50.2 Å². The molecule has 0 radical (unpaired) electrons. The van der Waals surface area contributed by atoms with Gasteiger partial charge >= 0.3 is 5.97 Å². The van der Waals surface area contributed by atoms with Crippen molar-refractivity contribution in [2.75, 3.05) is 13.7 Å². The molecule has 0 spiro atoms. The first-order valence-corrected chi connectivity index (χ1v) is 12.4. The summed E-state index contributed by atoms with van der Waals surface area (Å²) in [6.07, 6.45) is 1.88. The largest absolute Gasteiger partial charge is 0.503 e. The Hall–Kier alpha value is -3.13. The van der Waals surface area contributed by atoms with Crippen molar-refractivity contribution in [1.29, 1.82) is 0 Å². The fourth-order valence-electron chi connectivity index (χ4n) is 4.73. The van der Waals surface area contributed by atoms with Crippen molar-refractivity contribution in [2.45, 2.75) is 45.6 Å². The first kappa shape index (κ1) is 25.0. The van der Waals surface area contributed by atoms with Crippen molar-refractivity contribution in [3.63, 3.8) is 0 Å². The number of rotatable bonds is 7. The van der Waals surface area contributed by atoms with Crippen molar-refractivity contribution >= 4 is 33.4 Å². The van der Waals surface area contributed by atoms with Gasteiger partial charge in [0.25, 0.3) is 0 Å². The molecule has 1 fully saturated rings. The molecule has 1 heterocycles. The molecule has 0 saturated heterocycles. The van der Waals surface area contributed by atoms with Crippen molar-refractivity contribution in [2.24, 2.45) is 10.9 Å². The summed E-state index contributed by atoms with van der Waals surface area (Å²) < 4.78 is 16.9. The topological polar surface area (TPSA) is 94.4 Å². The second kappa shape index (κ2) is 10.6. The van der Waals surface area contributed by atoms with Gasteiger partial charge in [0.2, 0.25) is 0 Å². The predicted octanol–water partition coefficient (Wildman–Crippen LogP) is 5.49. The van der Waals surface area contributed by atoms with Crippen LogP contribution in [-0.4, -0.2) is 36.3 Å². The summed E-state index contributed by atoms with van der Waals surface area (Å²) in [5.74, 6) is -0.641. The quantitative estimate of drug-likeness (QED) is 0.466. The SMILES string of the molecule is CCOc1cc([C@H]2C(C(=O)OCc3ccc(OC)cc3)=C(C)N=C3CCCC(=O)C32)cc(Br)c1O. The molecule has 35 heavy (non-hydrogen) atoms. The molecule has 0 amide bonds. The molecule has 4 rings (SSSR count). The number of halogens is 1. The summed E-state index contributed by atoms with van der Waals surface area (Å²) in [4.78, 5) is 31.3. The van der Waals surface area contributed by atoms with Gasteiger partial charge in [0.05, 0.1) is 29.7 Å². The molecule has 1 aliphatic heterocycles. The van der Waals surface area contributed by atoms with E-state index < -0.39 is 17.8 Å². The highest BCUT2D eigenvalue weighted by Crippen LogP contribution is 2.46. The number of ketones is 1. The van der Waals surface area contributed by atoms with Crippen molar-refractivity contribution < 1.29 is 28.9 Å². The fraction of sp³-hybridized carbons (Fsp3) is 0.370. The zero-order chi connectivity index (χ0) is 25.1. The maximum Gasteiger partial charge on any atom is 0.336 e. The van der Waals surface area contributed by atoms with Crippen LogP contribution in [0, 0.1) is 5.92 Å². The van der Waals surface area contributed by atoms with Crippen LogP contribution < -0.4 is 9.47 Å². The number of benzene rings is 2. The lowest BCUT2D eigenvalue weighted by Crippen LogP contribution is -2.39. The van der Waals surface area contributed by atoms with Crippen molar-refractivity contribution in [1.82, 2.24) is 0 Å². The normalized spacial score (nSPS) is 19.7. The minimum absolute atomic E-state index is 0.0281. The van der Waals surface area contributed by atoms with E-state index >= 15 is 0 Å². The van der Waals surface area contributed by atoms with Gasteiger partial charge in [-0.05, 0) is 78.0 Å².